The van der Waals surface area contributed by atoms with E-state index in [1.165, 1.54) is 12.1 Å². The van der Waals surface area contributed by atoms with Crippen molar-refractivity contribution in [1.82, 2.24) is 0 Å². The predicted molar refractivity (Wildman–Crippen MR) is 61.8 cm³/mol. The van der Waals surface area contributed by atoms with E-state index in [-0.39, 0.29) is 10.0 Å². The molecule has 6 nitrogen and oxygen atoms in total. The van der Waals surface area contributed by atoms with E-state index in [2.05, 4.69) is 13.5 Å². The van der Waals surface area contributed by atoms with Gasteiger partial charge in [-0.1, -0.05) is 27.5 Å². The molecule has 0 aliphatic rings. The summed E-state index contributed by atoms with van der Waals surface area (Å²) in [6.07, 6.45) is 0. The van der Waals surface area contributed by atoms with E-state index < -0.39 is 23.3 Å². The second-order valence-corrected chi connectivity index (χ2v) is 6.04. The molecule has 96 valence electrons. The molecule has 0 saturated heterocycles. The van der Waals surface area contributed by atoms with Gasteiger partial charge in [-0.05, 0) is 18.2 Å². The van der Waals surface area contributed by atoms with Crippen LogP contribution >= 0.6 is 31.5 Å². The van der Waals surface area contributed by atoms with Crippen molar-refractivity contribution in [1.29, 1.82) is 0 Å². The van der Waals surface area contributed by atoms with Crippen LogP contribution in [0.1, 0.15) is 0 Å². The van der Waals surface area contributed by atoms with Crippen LogP contribution in [0, 0.1) is 0 Å². The van der Waals surface area contributed by atoms with Gasteiger partial charge in [-0.25, -0.2) is 0 Å². The fourth-order valence-corrected chi connectivity index (χ4v) is 2.75. The van der Waals surface area contributed by atoms with Crippen LogP contribution in [0.5, 0.6) is 0 Å². The Bertz CT molecular complexity index is 531. The first kappa shape index (κ1) is 14.9. The molecule has 0 saturated carbocycles. The standard InChI is InChI=1S/C7H7Cl2O6PS/c1-13-16(10)14-15-17(11,12)7-4-5(8)2-3-6(7)9/h2-4,16H,1H3. The Labute approximate surface area is 108 Å². The fraction of sp³-hybridized carbons (Fsp3) is 0.143. The molecular formula is C7H7Cl2O6PS. The van der Waals surface area contributed by atoms with Gasteiger partial charge in [-0.3, -0.25) is 4.57 Å². The Kier molecular flexibility index (Phi) is 5.40. The van der Waals surface area contributed by atoms with Gasteiger partial charge in [-0.15, -0.1) is 4.67 Å². The Morgan fingerprint density at radius 3 is 2.53 bits per heavy atom. The summed E-state index contributed by atoms with van der Waals surface area (Å²) in [6.45, 7) is 0. The summed E-state index contributed by atoms with van der Waals surface area (Å²) in [4.78, 5) is -0.391. The van der Waals surface area contributed by atoms with Gasteiger partial charge < -0.3 is 4.52 Å². The molecule has 0 N–H and O–H groups in total. The quantitative estimate of drug-likeness (QED) is 0.471. The molecule has 10 heteroatoms. The van der Waals surface area contributed by atoms with Crippen molar-refractivity contribution in [3.63, 3.8) is 0 Å². The molecule has 0 radical (unpaired) electrons. The van der Waals surface area contributed by atoms with Crippen molar-refractivity contribution in [2.45, 2.75) is 4.90 Å². The molecule has 1 unspecified atom stereocenters. The normalized spacial score (nSPS) is 13.6. The highest BCUT2D eigenvalue weighted by molar-refractivity contribution is 7.86. The Morgan fingerprint density at radius 1 is 1.29 bits per heavy atom. The maximum atomic E-state index is 11.6. The fourth-order valence-electron chi connectivity index (χ4n) is 0.812. The molecule has 0 aliphatic carbocycles. The molecule has 1 rings (SSSR count). The molecule has 0 aromatic heterocycles. The van der Waals surface area contributed by atoms with E-state index in [4.69, 9.17) is 23.2 Å². The molecule has 0 amide bonds. The first-order valence-corrected chi connectivity index (χ1v) is 7.40. The van der Waals surface area contributed by atoms with Crippen LogP contribution in [0.3, 0.4) is 0 Å². The number of hydrogen-bond donors (Lipinski definition) is 0. The van der Waals surface area contributed by atoms with Crippen molar-refractivity contribution in [3.8, 4) is 0 Å². The number of benzene rings is 1. The van der Waals surface area contributed by atoms with Gasteiger partial charge in [0, 0.05) is 12.1 Å². The van der Waals surface area contributed by atoms with E-state index >= 15 is 0 Å². The molecule has 17 heavy (non-hydrogen) atoms. The van der Waals surface area contributed by atoms with E-state index in [0.29, 0.717) is 0 Å². The van der Waals surface area contributed by atoms with E-state index in [1.807, 2.05) is 0 Å². The highest BCUT2D eigenvalue weighted by atomic mass is 35.5. The minimum atomic E-state index is -4.31. The molecule has 0 aliphatic heterocycles. The van der Waals surface area contributed by atoms with Gasteiger partial charge in [0.05, 0.1) is 5.02 Å². The van der Waals surface area contributed by atoms with Crippen LogP contribution in [0.15, 0.2) is 23.1 Å². The van der Waals surface area contributed by atoms with E-state index in [9.17, 15) is 13.0 Å². The third kappa shape index (κ3) is 4.22. The number of rotatable bonds is 5. The van der Waals surface area contributed by atoms with Gasteiger partial charge in [0.25, 0.3) is 0 Å². The zero-order chi connectivity index (χ0) is 13.1. The lowest BCUT2D eigenvalue weighted by atomic mass is 10.4. The van der Waals surface area contributed by atoms with Crippen molar-refractivity contribution < 1.29 is 26.5 Å². The van der Waals surface area contributed by atoms with Gasteiger partial charge >= 0.3 is 18.4 Å². The highest BCUT2D eigenvalue weighted by Crippen LogP contribution is 2.30. The zero-order valence-corrected chi connectivity index (χ0v) is 11.7. The van der Waals surface area contributed by atoms with Crippen molar-refractivity contribution in [2.75, 3.05) is 7.11 Å². The van der Waals surface area contributed by atoms with Crippen LogP contribution in [0.25, 0.3) is 0 Å². The summed E-state index contributed by atoms with van der Waals surface area (Å²) in [7, 11) is -6.26. The van der Waals surface area contributed by atoms with Crippen LogP contribution in [0.4, 0.5) is 0 Å². The second-order valence-electron chi connectivity index (χ2n) is 2.63. The summed E-state index contributed by atoms with van der Waals surface area (Å²) in [5, 5.41) is 0.0473. The highest BCUT2D eigenvalue weighted by Gasteiger charge is 2.22. The van der Waals surface area contributed by atoms with Crippen molar-refractivity contribution in [2.24, 2.45) is 0 Å². The number of hydrogen-bond acceptors (Lipinski definition) is 6. The van der Waals surface area contributed by atoms with Crippen LogP contribution in [-0.2, 0) is 28.2 Å². The van der Waals surface area contributed by atoms with Crippen LogP contribution in [-0.4, -0.2) is 15.5 Å². The topological polar surface area (TPSA) is 78.9 Å². The first-order valence-electron chi connectivity index (χ1n) is 4.01. The van der Waals surface area contributed by atoms with Gasteiger partial charge in [0.15, 0.2) is 0 Å². The third-order valence-electron chi connectivity index (χ3n) is 1.52. The molecule has 1 atom stereocenters. The van der Waals surface area contributed by atoms with Crippen LogP contribution < -0.4 is 0 Å². The van der Waals surface area contributed by atoms with Crippen molar-refractivity contribution >= 4 is 41.6 Å². The lowest BCUT2D eigenvalue weighted by Crippen LogP contribution is -2.05. The second kappa shape index (κ2) is 6.15. The average Bonchev–Trinajstić information content (AvgIpc) is 2.29. The summed E-state index contributed by atoms with van der Waals surface area (Å²) >= 11 is 11.3. The lowest BCUT2D eigenvalue weighted by Gasteiger charge is -2.05. The first-order chi connectivity index (χ1) is 7.86. The molecule has 0 bridgehead atoms. The molecular weight excluding hydrogens is 314 g/mol. The maximum Gasteiger partial charge on any atom is 0.348 e. The SMILES string of the molecule is CO[PH](=O)OOS(=O)(=O)c1cc(Cl)ccc1Cl. The Morgan fingerprint density at radius 2 is 1.94 bits per heavy atom. The van der Waals surface area contributed by atoms with E-state index in [1.54, 1.807) is 0 Å². The Hall–Kier alpha value is -0.140. The molecule has 0 fully saturated rings. The lowest BCUT2D eigenvalue weighted by molar-refractivity contribution is -0.0962. The average molecular weight is 321 g/mol. The monoisotopic (exact) mass is 320 g/mol. The predicted octanol–water partition coefficient (Wildman–Crippen LogP) is 2.67. The molecule has 1 aromatic rings. The minimum Gasteiger partial charge on any atom is -0.312 e. The third-order valence-corrected chi connectivity index (χ3v) is 3.99. The smallest absolute Gasteiger partial charge is 0.312 e. The molecule has 1 aromatic carbocycles. The van der Waals surface area contributed by atoms with Gasteiger partial charge in [-0.2, -0.15) is 8.42 Å². The largest absolute Gasteiger partial charge is 0.348 e. The molecule has 0 spiro atoms. The summed E-state index contributed by atoms with van der Waals surface area (Å²) in [5.74, 6) is 0. The van der Waals surface area contributed by atoms with E-state index in [0.717, 1.165) is 13.2 Å². The number of halogens is 2. The van der Waals surface area contributed by atoms with Crippen LogP contribution in [0.2, 0.25) is 10.0 Å². The summed E-state index contributed by atoms with van der Waals surface area (Å²) < 4.78 is 46.1. The summed E-state index contributed by atoms with van der Waals surface area (Å²) in [6, 6.07) is 3.76. The van der Waals surface area contributed by atoms with Gasteiger partial charge in [0.1, 0.15) is 4.90 Å². The minimum absolute atomic E-state index is 0.102. The summed E-state index contributed by atoms with van der Waals surface area (Å²) in [5.41, 5.74) is 0. The maximum absolute atomic E-state index is 11.6. The zero-order valence-electron chi connectivity index (χ0n) is 8.35. The molecule has 0 heterocycles. The van der Waals surface area contributed by atoms with Gasteiger partial charge in [0.2, 0.25) is 0 Å². The Balaban J connectivity index is 2.97. The van der Waals surface area contributed by atoms with Crippen molar-refractivity contribution in [3.05, 3.63) is 28.2 Å².